The van der Waals surface area contributed by atoms with Gasteiger partial charge in [0.15, 0.2) is 5.13 Å². The molecule has 1 atom stereocenters. The summed E-state index contributed by atoms with van der Waals surface area (Å²) < 4.78 is 5.94. The number of thiazole rings is 1. The molecule has 1 aliphatic heterocycles. The van der Waals surface area contributed by atoms with E-state index in [4.69, 9.17) is 9.72 Å². The van der Waals surface area contributed by atoms with Crippen molar-refractivity contribution >= 4 is 28.2 Å². The lowest BCUT2D eigenvalue weighted by Crippen LogP contribution is -2.45. The summed E-state index contributed by atoms with van der Waals surface area (Å²) in [6.07, 6.45) is 7.35. The molecule has 4 rings (SSSR count). The lowest BCUT2D eigenvalue weighted by atomic mass is 9.88. The smallest absolute Gasteiger partial charge is 0.225 e. The second-order valence-corrected chi connectivity index (χ2v) is 8.56. The molecular weight excluding hydrogens is 360 g/mol. The van der Waals surface area contributed by atoms with Crippen molar-refractivity contribution in [1.82, 2.24) is 14.9 Å². The van der Waals surface area contributed by atoms with Crippen LogP contribution >= 0.6 is 11.3 Å². The Bertz CT molecular complexity index is 788. The van der Waals surface area contributed by atoms with Crippen molar-refractivity contribution in [3.8, 4) is 0 Å². The molecule has 1 saturated heterocycles. The number of carbonyl (C=O) groups excluding carboxylic acids is 1. The zero-order valence-corrected chi connectivity index (χ0v) is 16.5. The van der Waals surface area contributed by atoms with Gasteiger partial charge in [-0.2, -0.15) is 0 Å². The SMILES string of the molecule is Cc1cnc(Nc2cccc(C3CN(C(=O)C4CCCCC4)CCO3)n2)s1. The second-order valence-electron chi connectivity index (χ2n) is 7.33. The van der Waals surface area contributed by atoms with Gasteiger partial charge < -0.3 is 15.0 Å². The predicted molar refractivity (Wildman–Crippen MR) is 106 cm³/mol. The van der Waals surface area contributed by atoms with Crippen LogP contribution in [-0.2, 0) is 9.53 Å². The Kier molecular flexibility index (Phi) is 5.69. The van der Waals surface area contributed by atoms with Crippen molar-refractivity contribution in [2.24, 2.45) is 5.92 Å². The van der Waals surface area contributed by atoms with Crippen LogP contribution in [0, 0.1) is 12.8 Å². The number of rotatable bonds is 4. The summed E-state index contributed by atoms with van der Waals surface area (Å²) in [6.45, 7) is 3.86. The minimum Gasteiger partial charge on any atom is -0.368 e. The molecule has 0 spiro atoms. The van der Waals surface area contributed by atoms with Gasteiger partial charge in [-0.1, -0.05) is 25.3 Å². The van der Waals surface area contributed by atoms with Crippen LogP contribution in [0.3, 0.4) is 0 Å². The number of carbonyl (C=O) groups is 1. The van der Waals surface area contributed by atoms with E-state index in [0.29, 0.717) is 25.6 Å². The van der Waals surface area contributed by atoms with Gasteiger partial charge in [0.2, 0.25) is 5.91 Å². The molecule has 1 aliphatic carbocycles. The summed E-state index contributed by atoms with van der Waals surface area (Å²) in [7, 11) is 0. The van der Waals surface area contributed by atoms with E-state index in [-0.39, 0.29) is 12.0 Å². The van der Waals surface area contributed by atoms with Crippen LogP contribution in [0.4, 0.5) is 10.9 Å². The van der Waals surface area contributed by atoms with Crippen molar-refractivity contribution in [3.05, 3.63) is 35.0 Å². The van der Waals surface area contributed by atoms with Gasteiger partial charge >= 0.3 is 0 Å². The third-order valence-electron chi connectivity index (χ3n) is 5.29. The van der Waals surface area contributed by atoms with Gasteiger partial charge in [0.1, 0.15) is 11.9 Å². The summed E-state index contributed by atoms with van der Waals surface area (Å²) in [5.74, 6) is 1.25. The van der Waals surface area contributed by atoms with Gasteiger partial charge in [0.05, 0.1) is 18.8 Å². The molecule has 3 heterocycles. The van der Waals surface area contributed by atoms with Crippen molar-refractivity contribution in [2.75, 3.05) is 25.0 Å². The third kappa shape index (κ3) is 4.47. The highest BCUT2D eigenvalue weighted by atomic mass is 32.1. The Labute approximate surface area is 164 Å². The number of hydrogen-bond donors (Lipinski definition) is 1. The van der Waals surface area contributed by atoms with Gasteiger partial charge in [0.25, 0.3) is 0 Å². The number of pyridine rings is 1. The fourth-order valence-electron chi connectivity index (χ4n) is 3.86. The molecule has 0 aromatic carbocycles. The van der Waals surface area contributed by atoms with Gasteiger partial charge in [-0.05, 0) is 31.9 Å². The summed E-state index contributed by atoms with van der Waals surface area (Å²) in [4.78, 5) is 25.0. The Morgan fingerprint density at radius 3 is 2.93 bits per heavy atom. The molecule has 1 amide bonds. The van der Waals surface area contributed by atoms with Crippen LogP contribution < -0.4 is 5.32 Å². The highest BCUT2D eigenvalue weighted by Gasteiger charge is 2.31. The van der Waals surface area contributed by atoms with Crippen LogP contribution in [0.1, 0.15) is 48.8 Å². The Morgan fingerprint density at radius 2 is 2.15 bits per heavy atom. The van der Waals surface area contributed by atoms with Gasteiger partial charge in [-0.15, -0.1) is 11.3 Å². The summed E-state index contributed by atoms with van der Waals surface area (Å²) in [5, 5.41) is 4.08. The highest BCUT2D eigenvalue weighted by molar-refractivity contribution is 7.15. The van der Waals surface area contributed by atoms with E-state index < -0.39 is 0 Å². The van der Waals surface area contributed by atoms with Crippen LogP contribution in [0.2, 0.25) is 0 Å². The number of ether oxygens (including phenoxy) is 1. The van der Waals surface area contributed by atoms with Crippen molar-refractivity contribution in [2.45, 2.75) is 45.1 Å². The first kappa shape index (κ1) is 18.4. The number of nitrogens with one attached hydrogen (secondary N) is 1. The lowest BCUT2D eigenvalue weighted by Gasteiger charge is -2.35. The molecule has 7 heteroatoms. The molecule has 6 nitrogen and oxygen atoms in total. The van der Waals surface area contributed by atoms with E-state index in [9.17, 15) is 4.79 Å². The number of hydrogen-bond acceptors (Lipinski definition) is 6. The van der Waals surface area contributed by atoms with E-state index in [1.165, 1.54) is 19.3 Å². The Hall–Kier alpha value is -1.99. The molecule has 1 unspecified atom stereocenters. The van der Waals surface area contributed by atoms with Gasteiger partial charge in [-0.3, -0.25) is 4.79 Å². The minimum absolute atomic E-state index is 0.175. The average Bonchev–Trinajstić information content (AvgIpc) is 3.13. The average molecular weight is 387 g/mol. The standard InChI is InChI=1S/C20H26N4O2S/c1-14-12-21-20(27-14)23-18-9-5-8-16(22-18)17-13-24(10-11-26-17)19(25)15-6-3-2-4-7-15/h5,8-9,12,15,17H,2-4,6-7,10-11,13H2,1H3,(H,21,22,23). The zero-order valence-electron chi connectivity index (χ0n) is 15.7. The van der Waals surface area contributed by atoms with Gasteiger partial charge in [-0.25, -0.2) is 9.97 Å². The first-order chi connectivity index (χ1) is 13.2. The largest absolute Gasteiger partial charge is 0.368 e. The fourth-order valence-corrected chi connectivity index (χ4v) is 4.53. The maximum Gasteiger partial charge on any atom is 0.225 e. The molecule has 144 valence electrons. The number of anilines is 2. The van der Waals surface area contributed by atoms with E-state index in [0.717, 1.165) is 34.4 Å². The zero-order chi connectivity index (χ0) is 18.6. The lowest BCUT2D eigenvalue weighted by molar-refractivity contribution is -0.144. The topological polar surface area (TPSA) is 67.4 Å². The summed E-state index contributed by atoms with van der Waals surface area (Å²) in [5.41, 5.74) is 0.856. The third-order valence-corrected chi connectivity index (χ3v) is 6.12. The monoisotopic (exact) mass is 386 g/mol. The molecule has 0 radical (unpaired) electrons. The van der Waals surface area contributed by atoms with Crippen LogP contribution in [0.15, 0.2) is 24.4 Å². The maximum atomic E-state index is 12.9. The minimum atomic E-state index is -0.175. The second kappa shape index (κ2) is 8.35. The number of aromatic nitrogens is 2. The predicted octanol–water partition coefficient (Wildman–Crippen LogP) is 4.07. The van der Waals surface area contributed by atoms with Crippen molar-refractivity contribution < 1.29 is 9.53 Å². The molecule has 1 saturated carbocycles. The normalized spacial score (nSPS) is 21.2. The van der Waals surface area contributed by atoms with Crippen LogP contribution in [-0.4, -0.2) is 40.5 Å². The van der Waals surface area contributed by atoms with E-state index in [1.54, 1.807) is 11.3 Å². The molecule has 2 aromatic heterocycles. The number of morpholine rings is 1. The Balaban J connectivity index is 1.43. The fraction of sp³-hybridized carbons (Fsp3) is 0.550. The molecule has 2 aromatic rings. The molecule has 2 aliphatic rings. The van der Waals surface area contributed by atoms with E-state index in [2.05, 4.69) is 10.3 Å². The highest BCUT2D eigenvalue weighted by Crippen LogP contribution is 2.29. The number of amides is 1. The van der Waals surface area contributed by atoms with E-state index >= 15 is 0 Å². The van der Waals surface area contributed by atoms with Crippen molar-refractivity contribution in [3.63, 3.8) is 0 Å². The van der Waals surface area contributed by atoms with Crippen molar-refractivity contribution in [1.29, 1.82) is 0 Å². The number of aryl methyl sites for hydroxylation is 1. The summed E-state index contributed by atoms with van der Waals surface area (Å²) in [6, 6.07) is 5.86. The van der Waals surface area contributed by atoms with Crippen LogP contribution in [0.5, 0.6) is 0 Å². The first-order valence-electron chi connectivity index (χ1n) is 9.76. The maximum absolute atomic E-state index is 12.9. The molecule has 2 fully saturated rings. The summed E-state index contributed by atoms with van der Waals surface area (Å²) >= 11 is 1.60. The Morgan fingerprint density at radius 1 is 1.30 bits per heavy atom. The quantitative estimate of drug-likeness (QED) is 0.858. The molecule has 1 N–H and O–H groups in total. The number of nitrogens with zero attached hydrogens (tertiary/aromatic N) is 3. The van der Waals surface area contributed by atoms with Gasteiger partial charge in [0, 0.05) is 23.5 Å². The van der Waals surface area contributed by atoms with Crippen LogP contribution in [0.25, 0.3) is 0 Å². The molecule has 27 heavy (non-hydrogen) atoms. The first-order valence-corrected chi connectivity index (χ1v) is 10.6. The molecular formula is C20H26N4O2S. The van der Waals surface area contributed by atoms with E-state index in [1.807, 2.05) is 36.2 Å². The molecule has 0 bridgehead atoms.